The molecule has 0 saturated heterocycles. The van der Waals surface area contributed by atoms with E-state index in [0.29, 0.717) is 23.9 Å². The molecule has 0 bridgehead atoms. The predicted octanol–water partition coefficient (Wildman–Crippen LogP) is 2.92. The number of thioether (sulfide) groups is 1. The fourth-order valence-corrected chi connectivity index (χ4v) is 4.05. The molecule has 1 aromatic carbocycles. The molecular weight excluding hydrogens is 482 g/mol. The quantitative estimate of drug-likeness (QED) is 0.229. The highest BCUT2D eigenvalue weighted by Crippen LogP contribution is 2.27. The Hall–Kier alpha value is -3.94. The number of benzene rings is 1. The number of carbonyl (C=O) groups excluding carboxylic acids is 1. The van der Waals surface area contributed by atoms with Crippen LogP contribution < -0.4 is 10.3 Å². The van der Waals surface area contributed by atoms with Gasteiger partial charge in [-0.3, -0.25) is 9.36 Å². The number of halogens is 4. The van der Waals surface area contributed by atoms with Gasteiger partial charge in [-0.05, 0) is 0 Å². The Bertz CT molecular complexity index is 1470. The molecular formula is C20H13F4N5O4S. The lowest BCUT2D eigenvalue weighted by Gasteiger charge is -2.13. The summed E-state index contributed by atoms with van der Waals surface area (Å²) >= 11 is 0.688. The summed E-state index contributed by atoms with van der Waals surface area (Å²) in [5.41, 5.74) is -1.93. The number of ether oxygens (including phenoxy) is 2. The lowest BCUT2D eigenvalue weighted by atomic mass is 10.2. The third kappa shape index (κ3) is 4.07. The smallest absolute Gasteiger partial charge is 0.342 e. The summed E-state index contributed by atoms with van der Waals surface area (Å²) in [6.07, 6.45) is 2.17. The Labute approximate surface area is 191 Å². The van der Waals surface area contributed by atoms with Gasteiger partial charge >= 0.3 is 5.97 Å². The van der Waals surface area contributed by atoms with Gasteiger partial charge in [0.05, 0.1) is 32.3 Å². The molecule has 3 heterocycles. The van der Waals surface area contributed by atoms with Gasteiger partial charge in [0, 0.05) is 29.5 Å². The highest BCUT2D eigenvalue weighted by Gasteiger charge is 2.23. The van der Waals surface area contributed by atoms with E-state index in [1.807, 2.05) is 0 Å². The largest absolute Gasteiger partial charge is 0.479 e. The lowest BCUT2D eigenvalue weighted by Crippen LogP contribution is -2.26. The van der Waals surface area contributed by atoms with Crippen LogP contribution in [0.2, 0.25) is 0 Å². The van der Waals surface area contributed by atoms with Crippen molar-refractivity contribution in [3.63, 3.8) is 0 Å². The Morgan fingerprint density at radius 3 is 2.38 bits per heavy atom. The molecule has 0 aliphatic carbocycles. The van der Waals surface area contributed by atoms with Crippen molar-refractivity contribution in [2.45, 2.75) is 10.9 Å². The topological polar surface area (TPSA) is 101 Å². The van der Waals surface area contributed by atoms with Gasteiger partial charge in [0.15, 0.2) is 16.5 Å². The van der Waals surface area contributed by atoms with E-state index < -0.39 is 46.1 Å². The van der Waals surface area contributed by atoms with Crippen LogP contribution in [0.1, 0.15) is 15.9 Å². The van der Waals surface area contributed by atoms with E-state index in [0.717, 1.165) is 34.8 Å². The Kier molecular flexibility index (Phi) is 6.24. The van der Waals surface area contributed by atoms with Crippen LogP contribution in [-0.2, 0) is 10.5 Å². The fourth-order valence-electron chi connectivity index (χ4n) is 3.05. The van der Waals surface area contributed by atoms with E-state index >= 15 is 0 Å². The van der Waals surface area contributed by atoms with Crippen LogP contribution in [0, 0.1) is 23.3 Å². The maximum absolute atomic E-state index is 14.4. The SMILES string of the molecule is COC(=O)c1cnn2nc(SCc3c(F)cc(F)cc3F)n(-c3cnc(OC)c(F)c3)c(=O)c12. The number of pyridine rings is 1. The second-order valence-corrected chi connectivity index (χ2v) is 7.57. The van der Waals surface area contributed by atoms with Crippen molar-refractivity contribution in [2.24, 2.45) is 0 Å². The van der Waals surface area contributed by atoms with Crippen LogP contribution in [0.3, 0.4) is 0 Å². The molecule has 0 aliphatic heterocycles. The third-order valence-electron chi connectivity index (χ3n) is 4.63. The second-order valence-electron chi connectivity index (χ2n) is 6.63. The van der Waals surface area contributed by atoms with E-state index in [-0.39, 0.29) is 27.8 Å². The van der Waals surface area contributed by atoms with Crippen LogP contribution in [0.25, 0.3) is 11.2 Å². The van der Waals surface area contributed by atoms with Gasteiger partial charge in [-0.15, -0.1) is 9.73 Å². The van der Waals surface area contributed by atoms with Crippen LogP contribution in [0.4, 0.5) is 17.6 Å². The van der Waals surface area contributed by atoms with E-state index in [1.165, 1.54) is 7.11 Å². The molecule has 4 aromatic rings. The summed E-state index contributed by atoms with van der Waals surface area (Å²) in [6.45, 7) is 0. The number of carbonyl (C=O) groups is 1. The maximum Gasteiger partial charge on any atom is 0.342 e. The van der Waals surface area contributed by atoms with Crippen molar-refractivity contribution in [3.8, 4) is 11.6 Å². The molecule has 0 atom stereocenters. The first-order chi connectivity index (χ1) is 16.2. The van der Waals surface area contributed by atoms with Crippen molar-refractivity contribution >= 4 is 23.2 Å². The molecule has 176 valence electrons. The molecule has 34 heavy (non-hydrogen) atoms. The minimum absolute atomic E-state index is 0.113. The zero-order valence-electron chi connectivity index (χ0n) is 17.4. The molecule has 0 amide bonds. The number of fused-ring (bicyclic) bond motifs is 1. The molecule has 0 fully saturated rings. The van der Waals surface area contributed by atoms with Gasteiger partial charge in [0.25, 0.3) is 5.56 Å². The van der Waals surface area contributed by atoms with E-state index in [4.69, 9.17) is 4.74 Å². The van der Waals surface area contributed by atoms with Gasteiger partial charge in [-0.1, -0.05) is 11.8 Å². The van der Waals surface area contributed by atoms with Crippen molar-refractivity contribution in [3.05, 3.63) is 75.3 Å². The summed E-state index contributed by atoms with van der Waals surface area (Å²) in [5.74, 6) is -5.88. The predicted molar refractivity (Wildman–Crippen MR) is 110 cm³/mol. The van der Waals surface area contributed by atoms with Gasteiger partial charge in [-0.2, -0.15) is 5.10 Å². The lowest BCUT2D eigenvalue weighted by molar-refractivity contribution is 0.0602. The number of methoxy groups -OCH3 is 2. The summed E-state index contributed by atoms with van der Waals surface area (Å²) in [6, 6.07) is 1.96. The van der Waals surface area contributed by atoms with E-state index in [9.17, 15) is 27.2 Å². The Balaban J connectivity index is 1.90. The van der Waals surface area contributed by atoms with Crippen molar-refractivity contribution < 1.29 is 31.8 Å². The van der Waals surface area contributed by atoms with E-state index in [1.54, 1.807) is 0 Å². The monoisotopic (exact) mass is 495 g/mol. The first-order valence-corrected chi connectivity index (χ1v) is 10.3. The molecule has 9 nitrogen and oxygen atoms in total. The molecule has 0 N–H and O–H groups in total. The van der Waals surface area contributed by atoms with Crippen molar-refractivity contribution in [1.82, 2.24) is 24.4 Å². The summed E-state index contributed by atoms with van der Waals surface area (Å²) in [5, 5.41) is 7.82. The fraction of sp³-hybridized carbons (Fsp3) is 0.150. The number of aromatic nitrogens is 5. The molecule has 0 radical (unpaired) electrons. The molecule has 0 spiro atoms. The number of hydrogen-bond donors (Lipinski definition) is 0. The van der Waals surface area contributed by atoms with Crippen LogP contribution in [0.5, 0.6) is 5.88 Å². The number of rotatable bonds is 6. The summed E-state index contributed by atoms with van der Waals surface area (Å²) < 4.78 is 67.0. The first-order valence-electron chi connectivity index (χ1n) is 9.30. The normalized spacial score (nSPS) is 11.1. The second kappa shape index (κ2) is 9.13. The minimum atomic E-state index is -1.13. The molecule has 3 aromatic heterocycles. The van der Waals surface area contributed by atoms with Gasteiger partial charge in [-0.25, -0.2) is 27.3 Å². The van der Waals surface area contributed by atoms with Crippen LogP contribution >= 0.6 is 11.8 Å². The Morgan fingerprint density at radius 2 is 1.76 bits per heavy atom. The molecule has 14 heteroatoms. The van der Waals surface area contributed by atoms with Crippen molar-refractivity contribution in [1.29, 1.82) is 0 Å². The zero-order valence-corrected chi connectivity index (χ0v) is 18.2. The Morgan fingerprint density at radius 1 is 1.06 bits per heavy atom. The highest BCUT2D eigenvalue weighted by molar-refractivity contribution is 7.98. The third-order valence-corrected chi connectivity index (χ3v) is 5.59. The average Bonchev–Trinajstić information content (AvgIpc) is 3.22. The molecule has 0 aliphatic rings. The minimum Gasteiger partial charge on any atom is -0.479 e. The van der Waals surface area contributed by atoms with Gasteiger partial charge in [0.2, 0.25) is 5.88 Å². The standard InChI is InChI=1S/C20H13F4N5O4S/c1-32-17-15(24)5-10(6-25-17)28-18(30)16-11(19(31)33-2)7-26-29(16)27-20(28)34-8-12-13(22)3-9(21)4-14(12)23/h3-7H,8H2,1-2H3. The summed E-state index contributed by atoms with van der Waals surface area (Å²) in [4.78, 5) is 29.2. The van der Waals surface area contributed by atoms with Gasteiger partial charge < -0.3 is 9.47 Å². The zero-order chi connectivity index (χ0) is 24.6. The molecule has 0 unspecified atom stereocenters. The van der Waals surface area contributed by atoms with Crippen molar-refractivity contribution in [2.75, 3.05) is 14.2 Å². The molecule has 4 rings (SSSR count). The van der Waals surface area contributed by atoms with Crippen LogP contribution in [0.15, 0.2) is 40.5 Å². The highest BCUT2D eigenvalue weighted by atomic mass is 32.2. The molecule has 0 saturated carbocycles. The number of hydrogen-bond acceptors (Lipinski definition) is 8. The van der Waals surface area contributed by atoms with Gasteiger partial charge in [0.1, 0.15) is 23.0 Å². The van der Waals surface area contributed by atoms with E-state index in [2.05, 4.69) is 19.9 Å². The maximum atomic E-state index is 14.4. The van der Waals surface area contributed by atoms with Crippen LogP contribution in [-0.4, -0.2) is 44.6 Å². The number of esters is 1. The summed E-state index contributed by atoms with van der Waals surface area (Å²) in [7, 11) is 2.31. The first kappa shape index (κ1) is 23.2. The number of nitrogens with zero attached hydrogens (tertiary/aromatic N) is 5. The average molecular weight is 495 g/mol.